The Balaban J connectivity index is 0.771. The molecular formula is C68H88ClN5O17. The van der Waals surface area contributed by atoms with Gasteiger partial charge in [0.2, 0.25) is 29.5 Å². The number of amides is 5. The third kappa shape index (κ3) is 19.7. The Labute approximate surface area is 538 Å². The number of nitrogens with one attached hydrogen (secondary N) is 1. The smallest absolute Gasteiger partial charge is 0.328 e. The number of hydrogen-bond acceptors (Lipinski definition) is 17. The van der Waals surface area contributed by atoms with Crippen LogP contribution in [-0.2, 0) is 84.4 Å². The lowest BCUT2D eigenvalue weighted by Gasteiger charge is -2.41. The van der Waals surface area contributed by atoms with E-state index in [0.717, 1.165) is 33.5 Å². The van der Waals surface area contributed by atoms with Gasteiger partial charge in [-0.1, -0.05) is 84.5 Å². The van der Waals surface area contributed by atoms with Gasteiger partial charge < -0.3 is 72.7 Å². The lowest BCUT2D eigenvalue weighted by molar-refractivity contribution is -0.187. The van der Waals surface area contributed by atoms with Crippen molar-refractivity contribution in [2.24, 2.45) is 5.92 Å². The summed E-state index contributed by atoms with van der Waals surface area (Å²) < 4.78 is 52.1. The molecule has 7 rings (SSSR count). The number of methoxy groups -OCH3 is 2. The van der Waals surface area contributed by atoms with Gasteiger partial charge in [-0.2, -0.15) is 0 Å². The number of epoxide rings is 1. The van der Waals surface area contributed by atoms with E-state index in [4.69, 9.17) is 54.2 Å². The van der Waals surface area contributed by atoms with Crippen LogP contribution in [0.4, 0.5) is 11.4 Å². The van der Waals surface area contributed by atoms with E-state index < -0.39 is 71.3 Å². The molecule has 0 spiro atoms. The maximum Gasteiger partial charge on any atom is 0.328 e. The molecule has 4 bridgehead atoms. The molecule has 0 aromatic heterocycles. The number of allylic oxidation sites excluding steroid dienone is 3. The van der Waals surface area contributed by atoms with Crippen molar-refractivity contribution in [1.82, 2.24) is 15.1 Å². The molecular weight excluding hydrogens is 1190 g/mol. The molecule has 2 fully saturated rings. The lowest BCUT2D eigenvalue weighted by Crippen LogP contribution is -2.53. The molecule has 3 aromatic rings. The van der Waals surface area contributed by atoms with Crippen molar-refractivity contribution >= 4 is 64.5 Å². The number of fused-ring (bicyclic) bond motifs is 7. The summed E-state index contributed by atoms with van der Waals surface area (Å²) in [5, 5.41) is 15.0. The molecule has 23 heteroatoms. The largest absolute Gasteiger partial charge is 0.495 e. The van der Waals surface area contributed by atoms with Crippen molar-refractivity contribution in [3.63, 3.8) is 0 Å². The number of likely N-dealkylation sites (N-methyl/N-ethyl adjacent to an activating group) is 2. The van der Waals surface area contributed by atoms with Gasteiger partial charge in [0.15, 0.2) is 0 Å². The summed E-state index contributed by atoms with van der Waals surface area (Å²) in [4.78, 5) is 100.0. The maximum atomic E-state index is 14.4. The summed E-state index contributed by atoms with van der Waals surface area (Å²) in [6, 6.07) is 17.8. The van der Waals surface area contributed by atoms with Gasteiger partial charge in [-0.15, -0.1) is 0 Å². The third-order valence-electron chi connectivity index (χ3n) is 17.0. The van der Waals surface area contributed by atoms with Gasteiger partial charge in [0, 0.05) is 90.5 Å². The second kappa shape index (κ2) is 33.9. The summed E-state index contributed by atoms with van der Waals surface area (Å²) in [7, 11) is 7.61. The molecule has 2 N–H and O–H groups in total. The minimum Gasteiger partial charge on any atom is -0.495 e. The van der Waals surface area contributed by atoms with Crippen molar-refractivity contribution in [2.45, 2.75) is 134 Å². The number of benzene rings is 3. The zero-order valence-electron chi connectivity index (χ0n) is 53.8. The Hall–Kier alpha value is -7.20. The molecule has 494 valence electrons. The number of carbonyl (C=O) groups excluding carboxylic acids is 7. The van der Waals surface area contributed by atoms with E-state index in [1.54, 1.807) is 57.1 Å². The third-order valence-corrected chi connectivity index (χ3v) is 17.4. The summed E-state index contributed by atoms with van der Waals surface area (Å²) in [6.45, 7) is 10.2. The first-order valence-electron chi connectivity index (χ1n) is 30.9. The first kappa shape index (κ1) is 71.2. The lowest BCUT2D eigenvalue weighted by atomic mass is 9.78. The minimum atomic E-state index is -1.63. The van der Waals surface area contributed by atoms with Crippen LogP contribution < -0.4 is 19.9 Å². The topological polar surface area (TPSA) is 251 Å². The van der Waals surface area contributed by atoms with E-state index in [1.165, 1.54) is 42.9 Å². The van der Waals surface area contributed by atoms with Crippen LogP contribution in [0.25, 0.3) is 0 Å². The molecule has 2 saturated heterocycles. The number of para-hydroxylation sites is 1. The molecule has 91 heavy (non-hydrogen) atoms. The molecule has 4 heterocycles. The predicted octanol–water partition coefficient (Wildman–Crippen LogP) is 6.30. The highest BCUT2D eigenvalue weighted by Crippen LogP contribution is 2.50. The van der Waals surface area contributed by atoms with Crippen LogP contribution >= 0.6 is 11.6 Å². The highest BCUT2D eigenvalue weighted by atomic mass is 35.5. The molecule has 0 radical (unpaired) electrons. The zero-order chi connectivity index (χ0) is 65.8. The monoisotopic (exact) mass is 1280 g/mol. The fourth-order valence-electron chi connectivity index (χ4n) is 11.2. The molecule has 3 aromatic carbocycles. The summed E-state index contributed by atoms with van der Waals surface area (Å²) in [5.41, 5.74) is 2.50. The Morgan fingerprint density at radius 3 is 2.21 bits per heavy atom. The number of aliphatic hydroxyl groups is 1. The second-order valence-electron chi connectivity index (χ2n) is 23.6. The highest BCUT2D eigenvalue weighted by molar-refractivity contribution is 6.35. The quantitative estimate of drug-likeness (QED) is 0.0368. The molecule has 4 aliphatic rings. The number of rotatable bonds is 27. The Kier molecular flexibility index (Phi) is 26.6. The van der Waals surface area contributed by atoms with E-state index >= 15 is 0 Å². The van der Waals surface area contributed by atoms with E-state index in [1.807, 2.05) is 61.5 Å². The van der Waals surface area contributed by atoms with Gasteiger partial charge in [0.25, 0.3) is 0 Å². The highest BCUT2D eigenvalue weighted by Gasteiger charge is 2.64. The average molecular weight is 1280 g/mol. The maximum absolute atomic E-state index is 14.4. The van der Waals surface area contributed by atoms with Gasteiger partial charge in [0.05, 0.1) is 96.8 Å². The standard InChI is InChI=1S/C68H88ClN5O17/c1-45-16-14-21-56(84-9)68(82)42-55(89-63(80)43-68)46(2)65-67(4,91-65)57(41-62(79)73(7)53-39-48(38-45)40-54(83-8)64(53)69)90-66(81)47(3)72(6)60(77)23-15-22-59(76)71(5)29-31-86-33-35-88-37-36-87-34-32-85-30-27-58(75)70-28-26-61(78)74-44-51-19-11-10-17-49(51)24-25-50-18-12-13-20-52(50)74/h10-14,16-21,39-40,46-47,55-57,65,82H,15,22-23,26-38,41-44H2,1-9H3,(H,70,75)/b21-14+,45-16-/t46-,47+,55+,56-,57+,65+,67+,68-/m1/s1. The van der Waals surface area contributed by atoms with Gasteiger partial charge in [-0.25, -0.2) is 4.79 Å². The average Bonchev–Trinajstić information content (AvgIpc) is 1.58. The number of carbonyl (C=O) groups is 7. The van der Waals surface area contributed by atoms with Gasteiger partial charge >= 0.3 is 11.9 Å². The van der Waals surface area contributed by atoms with Gasteiger partial charge in [-0.3, -0.25) is 28.8 Å². The first-order valence-corrected chi connectivity index (χ1v) is 31.3. The number of anilines is 2. The van der Waals surface area contributed by atoms with Crippen LogP contribution in [0.15, 0.2) is 84.5 Å². The fourth-order valence-corrected chi connectivity index (χ4v) is 11.5. The van der Waals surface area contributed by atoms with Gasteiger partial charge in [0.1, 0.15) is 46.3 Å². The molecule has 4 aliphatic heterocycles. The molecule has 5 amide bonds. The van der Waals surface area contributed by atoms with E-state index in [-0.39, 0.29) is 93.9 Å². The van der Waals surface area contributed by atoms with Gasteiger partial charge in [-0.05, 0) is 75.1 Å². The van der Waals surface area contributed by atoms with Crippen LogP contribution in [0.1, 0.15) is 101 Å². The van der Waals surface area contributed by atoms with E-state index in [0.29, 0.717) is 70.6 Å². The van der Waals surface area contributed by atoms with Crippen molar-refractivity contribution in [1.29, 1.82) is 0 Å². The fraction of sp³-hybridized carbons (Fsp3) is 0.544. The number of esters is 2. The molecule has 0 unspecified atom stereocenters. The molecule has 0 aliphatic carbocycles. The van der Waals surface area contributed by atoms with Crippen LogP contribution in [0.3, 0.4) is 0 Å². The van der Waals surface area contributed by atoms with Crippen LogP contribution in [0, 0.1) is 17.8 Å². The van der Waals surface area contributed by atoms with Crippen LogP contribution in [-0.4, -0.2) is 199 Å². The summed E-state index contributed by atoms with van der Waals surface area (Å²) >= 11 is 6.84. The number of nitrogens with zero attached hydrogens (tertiary/aromatic N) is 4. The van der Waals surface area contributed by atoms with E-state index in [2.05, 4.69) is 17.2 Å². The Morgan fingerprint density at radius 2 is 1.51 bits per heavy atom. The van der Waals surface area contributed by atoms with E-state index in [9.17, 15) is 38.7 Å². The minimum absolute atomic E-state index is 0.0141. The Morgan fingerprint density at radius 1 is 0.857 bits per heavy atom. The van der Waals surface area contributed by atoms with Crippen molar-refractivity contribution in [3.8, 4) is 17.6 Å². The Bertz CT molecular complexity index is 3180. The molecule has 0 saturated carbocycles. The molecule has 22 nitrogen and oxygen atoms in total. The number of halogens is 1. The normalized spacial score (nSPS) is 23.4. The SMILES string of the molecule is COc1cc2cc(c1Cl)N(C)C(=O)C[C@H](OC(=O)[C@H](C)N(C)C(=O)CCCC(=O)N(C)CCOCCOCCOCCOCCC(=O)NCCC(=O)N1Cc3ccccc3C#Cc3ccccc31)[C@]1(C)O[C@H]1[C@H](C)[C@@H]1C[C@@](O)(CC(=O)O1)[C@H](OC)/C=C/C=C(/C)C2. The van der Waals surface area contributed by atoms with Crippen molar-refractivity contribution in [3.05, 3.63) is 112 Å². The number of hydrogen-bond donors (Lipinski definition) is 2. The second-order valence-corrected chi connectivity index (χ2v) is 24.0. The summed E-state index contributed by atoms with van der Waals surface area (Å²) in [5.74, 6) is 3.37. The predicted molar refractivity (Wildman–Crippen MR) is 339 cm³/mol. The van der Waals surface area contributed by atoms with Crippen molar-refractivity contribution in [2.75, 3.05) is 111 Å². The first-order chi connectivity index (χ1) is 43.6. The zero-order valence-corrected chi connectivity index (χ0v) is 54.5. The van der Waals surface area contributed by atoms with Crippen LogP contribution in [0.5, 0.6) is 5.75 Å². The van der Waals surface area contributed by atoms with Crippen molar-refractivity contribution < 1.29 is 81.3 Å². The summed E-state index contributed by atoms with van der Waals surface area (Å²) in [6.07, 6.45) is 2.00. The van der Waals surface area contributed by atoms with Crippen LogP contribution in [0.2, 0.25) is 5.02 Å². The molecule has 8 atom stereocenters. The number of ether oxygens (including phenoxy) is 9.